The van der Waals surface area contributed by atoms with E-state index in [9.17, 15) is 0 Å². The summed E-state index contributed by atoms with van der Waals surface area (Å²) in [6.45, 7) is 0. The first kappa shape index (κ1) is 6.67. The van der Waals surface area contributed by atoms with Crippen molar-refractivity contribution in [2.24, 2.45) is 0 Å². The first-order valence-electron chi connectivity index (χ1n) is 3.01. The summed E-state index contributed by atoms with van der Waals surface area (Å²) in [5.41, 5.74) is 2.83. The van der Waals surface area contributed by atoms with Crippen LogP contribution in [0, 0.1) is 0 Å². The summed E-state index contributed by atoms with van der Waals surface area (Å²) in [5.74, 6) is 0. The zero-order valence-electron chi connectivity index (χ0n) is 5.28. The minimum atomic E-state index is 0.104. The fourth-order valence-corrected chi connectivity index (χ4v) is 3.42. The average molecular weight is 262 g/mol. The van der Waals surface area contributed by atoms with Crippen molar-refractivity contribution in [1.29, 1.82) is 0 Å². The van der Waals surface area contributed by atoms with Gasteiger partial charge in [-0.1, -0.05) is 0 Å². The third kappa shape index (κ3) is 1.20. The van der Waals surface area contributed by atoms with Gasteiger partial charge in [-0.15, -0.1) is 0 Å². The van der Waals surface area contributed by atoms with E-state index in [2.05, 4.69) is 31.1 Å². The van der Waals surface area contributed by atoms with Crippen LogP contribution in [0.4, 0.5) is 0 Å². The molecule has 0 saturated carbocycles. The zero-order chi connectivity index (χ0) is 6.81. The quantitative estimate of drug-likeness (QED) is 0.692. The molecule has 2 heterocycles. The number of hydrogen-bond donors (Lipinski definition) is 0. The van der Waals surface area contributed by atoms with E-state index in [4.69, 9.17) is 0 Å². The maximum absolute atomic E-state index is 2.38. The molecule has 2 rings (SSSR count). The normalized spacial score (nSPS) is 10.0. The van der Waals surface area contributed by atoms with Gasteiger partial charge in [0.05, 0.1) is 0 Å². The van der Waals surface area contributed by atoms with Crippen molar-refractivity contribution in [2.45, 2.75) is 0 Å². The standard InChI is InChI=1S/C8H6STe/c1-3-9-5-7(1)8-2-4-10-6-8/h1-6H. The summed E-state index contributed by atoms with van der Waals surface area (Å²) in [5, 5.41) is 4.33. The predicted octanol–water partition coefficient (Wildman–Crippen LogP) is 2.47. The first-order chi connectivity index (χ1) is 4.97. The molecular weight excluding hydrogens is 256 g/mol. The average Bonchev–Trinajstić information content (AvgIpc) is 2.59. The van der Waals surface area contributed by atoms with Gasteiger partial charge in [0.2, 0.25) is 0 Å². The molecule has 0 aromatic carbocycles. The Hall–Kier alpha value is -0.0304. The zero-order valence-corrected chi connectivity index (χ0v) is 8.43. The van der Waals surface area contributed by atoms with Crippen molar-refractivity contribution in [3.8, 4) is 11.1 Å². The third-order valence-corrected chi connectivity index (χ3v) is 4.01. The van der Waals surface area contributed by atoms with Crippen molar-refractivity contribution in [1.82, 2.24) is 0 Å². The van der Waals surface area contributed by atoms with Crippen LogP contribution in [0.2, 0.25) is 0 Å². The summed E-state index contributed by atoms with van der Waals surface area (Å²) in [7, 11) is 0. The van der Waals surface area contributed by atoms with E-state index in [1.807, 2.05) is 0 Å². The Morgan fingerprint density at radius 3 is 2.80 bits per heavy atom. The van der Waals surface area contributed by atoms with Crippen molar-refractivity contribution in [3.63, 3.8) is 0 Å². The van der Waals surface area contributed by atoms with Crippen molar-refractivity contribution < 1.29 is 0 Å². The summed E-state index contributed by atoms with van der Waals surface area (Å²) >= 11 is 1.87. The van der Waals surface area contributed by atoms with Gasteiger partial charge in [-0.25, -0.2) is 0 Å². The van der Waals surface area contributed by atoms with Crippen LogP contribution in [0.25, 0.3) is 11.1 Å². The number of thiophene rings is 1. The van der Waals surface area contributed by atoms with Crippen LogP contribution >= 0.6 is 11.3 Å². The maximum atomic E-state index is 2.38. The van der Waals surface area contributed by atoms with Crippen LogP contribution in [0.3, 0.4) is 0 Å². The molecule has 0 N–H and O–H groups in total. The summed E-state index contributed by atoms with van der Waals surface area (Å²) in [6.07, 6.45) is 0. The fourth-order valence-electron chi connectivity index (χ4n) is 0.857. The van der Waals surface area contributed by atoms with Crippen LogP contribution in [0.5, 0.6) is 0 Å². The molecule has 0 amide bonds. The molecule has 0 unspecified atom stereocenters. The van der Waals surface area contributed by atoms with Crippen LogP contribution in [0.1, 0.15) is 0 Å². The van der Waals surface area contributed by atoms with Crippen molar-refractivity contribution in [3.05, 3.63) is 31.1 Å². The van der Waals surface area contributed by atoms with Gasteiger partial charge in [0.25, 0.3) is 0 Å². The van der Waals surface area contributed by atoms with Crippen LogP contribution in [-0.4, -0.2) is 20.4 Å². The predicted molar refractivity (Wildman–Crippen MR) is 46.7 cm³/mol. The summed E-state index contributed by atoms with van der Waals surface area (Å²) in [6, 6.07) is 4.42. The van der Waals surface area contributed by atoms with Gasteiger partial charge < -0.3 is 0 Å². The van der Waals surface area contributed by atoms with Gasteiger partial charge in [0.1, 0.15) is 0 Å². The van der Waals surface area contributed by atoms with Gasteiger partial charge in [-0.05, 0) is 0 Å². The van der Waals surface area contributed by atoms with E-state index in [1.54, 1.807) is 11.3 Å². The molecule has 0 bridgehead atoms. The molecule has 0 spiro atoms. The second kappa shape index (κ2) is 2.92. The van der Waals surface area contributed by atoms with E-state index in [0.29, 0.717) is 0 Å². The number of hydrogen-bond acceptors (Lipinski definition) is 1. The Bertz CT molecular complexity index is 249. The third-order valence-electron chi connectivity index (χ3n) is 1.38. The molecule has 0 aliphatic carbocycles. The topological polar surface area (TPSA) is 0 Å². The summed E-state index contributed by atoms with van der Waals surface area (Å²) in [4.78, 5) is 0. The van der Waals surface area contributed by atoms with Gasteiger partial charge in [-0.2, -0.15) is 0 Å². The van der Waals surface area contributed by atoms with E-state index < -0.39 is 0 Å². The van der Waals surface area contributed by atoms with Crippen molar-refractivity contribution >= 4 is 31.8 Å². The molecule has 0 nitrogen and oxygen atoms in total. The molecule has 0 radical (unpaired) electrons. The first-order valence-corrected chi connectivity index (χ1v) is 6.65. The van der Waals surface area contributed by atoms with Crippen LogP contribution in [0.15, 0.2) is 31.1 Å². The molecule has 0 aliphatic heterocycles. The molecule has 0 aliphatic rings. The van der Waals surface area contributed by atoms with Crippen molar-refractivity contribution in [2.75, 3.05) is 0 Å². The minimum absolute atomic E-state index is 0.104. The Morgan fingerprint density at radius 1 is 1.20 bits per heavy atom. The molecular formula is C8H6STe. The SMILES string of the molecule is c1cc(-c2cc[te]c2)cs1. The molecule has 0 fully saturated rings. The molecule has 10 heavy (non-hydrogen) atoms. The number of rotatable bonds is 1. The van der Waals surface area contributed by atoms with Crippen LogP contribution < -0.4 is 0 Å². The fraction of sp³-hybridized carbons (Fsp3) is 0. The van der Waals surface area contributed by atoms with Gasteiger partial charge >= 0.3 is 74.0 Å². The second-order valence-electron chi connectivity index (χ2n) is 2.02. The van der Waals surface area contributed by atoms with Gasteiger partial charge in [-0.3, -0.25) is 0 Å². The monoisotopic (exact) mass is 264 g/mol. The van der Waals surface area contributed by atoms with E-state index in [-0.39, 0.29) is 20.4 Å². The van der Waals surface area contributed by atoms with E-state index in [0.717, 1.165) is 0 Å². The molecule has 0 atom stereocenters. The van der Waals surface area contributed by atoms with Gasteiger partial charge in [0.15, 0.2) is 0 Å². The Kier molecular flexibility index (Phi) is 1.95. The van der Waals surface area contributed by atoms with Crippen LogP contribution in [-0.2, 0) is 0 Å². The molecule has 2 aromatic heterocycles. The Balaban J connectivity index is 2.48. The Morgan fingerprint density at radius 2 is 2.20 bits per heavy atom. The Labute approximate surface area is 73.8 Å². The second-order valence-corrected chi connectivity index (χ2v) is 5.03. The molecule has 50 valence electrons. The molecule has 2 aromatic rings. The summed E-state index contributed by atoms with van der Waals surface area (Å²) < 4.78 is 4.70. The molecule has 0 saturated heterocycles. The van der Waals surface area contributed by atoms with Gasteiger partial charge in [0, 0.05) is 0 Å². The molecule has 2 heteroatoms. The van der Waals surface area contributed by atoms with E-state index >= 15 is 0 Å². The van der Waals surface area contributed by atoms with E-state index in [1.165, 1.54) is 11.1 Å².